The molecule has 0 spiro atoms. The van der Waals surface area contributed by atoms with E-state index >= 15 is 0 Å². The minimum Gasteiger partial charge on any atom is -0.340 e. The predicted molar refractivity (Wildman–Crippen MR) is 66.9 cm³/mol. The topological polar surface area (TPSA) is 70.2 Å². The van der Waals surface area contributed by atoms with Gasteiger partial charge in [-0.15, -0.1) is 0 Å². The summed E-state index contributed by atoms with van der Waals surface area (Å²) in [7, 11) is 0. The van der Waals surface area contributed by atoms with Gasteiger partial charge in [0.2, 0.25) is 5.91 Å². The number of hydrogen-bond donors (Lipinski definition) is 1. The molecule has 0 fully saturated rings. The third-order valence-corrected chi connectivity index (χ3v) is 2.64. The molecule has 0 aliphatic rings. The van der Waals surface area contributed by atoms with Gasteiger partial charge in [0.05, 0.1) is 18.2 Å². The van der Waals surface area contributed by atoms with Crippen molar-refractivity contribution in [3.05, 3.63) is 35.8 Å². The lowest BCUT2D eigenvalue weighted by molar-refractivity contribution is -0.120. The van der Waals surface area contributed by atoms with Crippen LogP contribution in [-0.4, -0.2) is 21.3 Å². The van der Waals surface area contributed by atoms with Gasteiger partial charge in [-0.3, -0.25) is 4.79 Å². The number of carbonyl (C=O) groups is 1. The van der Waals surface area contributed by atoms with Crippen LogP contribution in [0.15, 0.2) is 24.5 Å². The maximum atomic E-state index is 11.6. The van der Waals surface area contributed by atoms with E-state index < -0.39 is 6.04 Å². The second-order valence-corrected chi connectivity index (χ2v) is 4.25. The molecule has 18 heavy (non-hydrogen) atoms. The Morgan fingerprint density at radius 2 is 2.44 bits per heavy atom. The zero-order valence-corrected chi connectivity index (χ0v) is 10.3. The lowest BCUT2D eigenvalue weighted by Crippen LogP contribution is -2.32. The predicted octanol–water partition coefficient (Wildman–Crippen LogP) is 1.21. The number of fused-ring (bicyclic) bond motifs is 1. The van der Waals surface area contributed by atoms with E-state index in [1.54, 1.807) is 6.92 Å². The van der Waals surface area contributed by atoms with E-state index in [-0.39, 0.29) is 12.3 Å². The van der Waals surface area contributed by atoms with Crippen molar-refractivity contribution >= 4 is 11.6 Å². The van der Waals surface area contributed by atoms with Gasteiger partial charge in [0, 0.05) is 12.4 Å². The number of carbonyl (C=O) groups excluding carboxylic acids is 1. The molecule has 1 unspecified atom stereocenters. The molecule has 92 valence electrons. The lowest BCUT2D eigenvalue weighted by Gasteiger charge is -2.03. The van der Waals surface area contributed by atoms with Gasteiger partial charge in [-0.2, -0.15) is 5.26 Å². The smallest absolute Gasteiger partial charge is 0.227 e. The second kappa shape index (κ2) is 4.88. The van der Waals surface area contributed by atoms with E-state index in [1.165, 1.54) is 0 Å². The molecule has 2 aromatic rings. The summed E-state index contributed by atoms with van der Waals surface area (Å²) in [5.41, 5.74) is 2.62. The summed E-state index contributed by atoms with van der Waals surface area (Å²) < 4.78 is 1.89. The number of aryl methyl sites for hydroxylation is 1. The first kappa shape index (κ1) is 12.1. The van der Waals surface area contributed by atoms with Gasteiger partial charge in [0.25, 0.3) is 0 Å². The van der Waals surface area contributed by atoms with Crippen molar-refractivity contribution in [2.45, 2.75) is 26.3 Å². The van der Waals surface area contributed by atoms with Crippen LogP contribution in [0.1, 0.15) is 18.2 Å². The Hall–Kier alpha value is -2.35. The number of amides is 1. The van der Waals surface area contributed by atoms with Crippen molar-refractivity contribution in [1.29, 1.82) is 5.26 Å². The Labute approximate surface area is 105 Å². The fourth-order valence-corrected chi connectivity index (χ4v) is 1.78. The Balaban J connectivity index is 2.16. The van der Waals surface area contributed by atoms with E-state index in [4.69, 9.17) is 5.26 Å². The fourth-order valence-electron chi connectivity index (χ4n) is 1.78. The van der Waals surface area contributed by atoms with Gasteiger partial charge in [-0.1, -0.05) is 6.07 Å². The van der Waals surface area contributed by atoms with Crippen molar-refractivity contribution in [2.75, 3.05) is 0 Å². The SMILES string of the molecule is Cc1cccn2cc(CC(=O)NC(C)C#N)nc12. The molecule has 1 amide bonds. The molecule has 2 rings (SSSR count). The maximum Gasteiger partial charge on any atom is 0.227 e. The summed E-state index contributed by atoms with van der Waals surface area (Å²) in [6.07, 6.45) is 3.92. The van der Waals surface area contributed by atoms with Crippen molar-refractivity contribution in [3.63, 3.8) is 0 Å². The first-order chi connectivity index (χ1) is 8.60. The van der Waals surface area contributed by atoms with E-state index in [0.29, 0.717) is 5.69 Å². The minimum absolute atomic E-state index is 0.188. The van der Waals surface area contributed by atoms with Crippen LogP contribution in [0, 0.1) is 18.3 Å². The summed E-state index contributed by atoms with van der Waals surface area (Å²) in [6, 6.07) is 5.40. The highest BCUT2D eigenvalue weighted by molar-refractivity contribution is 5.78. The van der Waals surface area contributed by atoms with Crippen molar-refractivity contribution < 1.29 is 4.79 Å². The van der Waals surface area contributed by atoms with E-state index in [1.807, 2.05) is 41.9 Å². The molecule has 1 N–H and O–H groups in total. The van der Waals surface area contributed by atoms with Crippen molar-refractivity contribution in [2.24, 2.45) is 0 Å². The molecule has 0 saturated heterocycles. The lowest BCUT2D eigenvalue weighted by atomic mass is 10.3. The zero-order chi connectivity index (χ0) is 13.1. The van der Waals surface area contributed by atoms with Crippen molar-refractivity contribution in [1.82, 2.24) is 14.7 Å². The van der Waals surface area contributed by atoms with Crippen LogP contribution in [0.5, 0.6) is 0 Å². The van der Waals surface area contributed by atoms with Crippen LogP contribution < -0.4 is 5.32 Å². The third kappa shape index (κ3) is 2.48. The first-order valence-corrected chi connectivity index (χ1v) is 5.72. The first-order valence-electron chi connectivity index (χ1n) is 5.72. The number of imidazole rings is 1. The molecule has 0 aliphatic heterocycles. The van der Waals surface area contributed by atoms with Gasteiger partial charge in [0.1, 0.15) is 11.7 Å². The second-order valence-electron chi connectivity index (χ2n) is 4.25. The highest BCUT2D eigenvalue weighted by Crippen LogP contribution is 2.10. The molecule has 2 aromatic heterocycles. The third-order valence-electron chi connectivity index (χ3n) is 2.64. The number of nitrogens with zero attached hydrogens (tertiary/aromatic N) is 3. The van der Waals surface area contributed by atoms with Gasteiger partial charge in [0.15, 0.2) is 0 Å². The Morgan fingerprint density at radius 1 is 1.67 bits per heavy atom. The Morgan fingerprint density at radius 3 is 3.11 bits per heavy atom. The average molecular weight is 242 g/mol. The van der Waals surface area contributed by atoms with Crippen LogP contribution >= 0.6 is 0 Å². The highest BCUT2D eigenvalue weighted by atomic mass is 16.1. The minimum atomic E-state index is -0.476. The van der Waals surface area contributed by atoms with Gasteiger partial charge >= 0.3 is 0 Å². The van der Waals surface area contributed by atoms with E-state index in [0.717, 1.165) is 11.2 Å². The number of nitrogens with one attached hydrogen (secondary N) is 1. The van der Waals surface area contributed by atoms with Crippen LogP contribution in [0.2, 0.25) is 0 Å². The van der Waals surface area contributed by atoms with Gasteiger partial charge in [-0.25, -0.2) is 4.98 Å². The number of pyridine rings is 1. The summed E-state index contributed by atoms with van der Waals surface area (Å²) in [5.74, 6) is -0.190. The van der Waals surface area contributed by atoms with E-state index in [2.05, 4.69) is 10.3 Å². The van der Waals surface area contributed by atoms with Crippen LogP contribution in [-0.2, 0) is 11.2 Å². The van der Waals surface area contributed by atoms with Gasteiger partial charge < -0.3 is 9.72 Å². The summed E-state index contributed by atoms with van der Waals surface area (Å²) in [5, 5.41) is 11.2. The van der Waals surface area contributed by atoms with E-state index in [9.17, 15) is 4.79 Å². The van der Waals surface area contributed by atoms with Crippen molar-refractivity contribution in [3.8, 4) is 6.07 Å². The molecule has 1 atom stereocenters. The van der Waals surface area contributed by atoms with Crippen LogP contribution in [0.25, 0.3) is 5.65 Å². The highest BCUT2D eigenvalue weighted by Gasteiger charge is 2.10. The van der Waals surface area contributed by atoms with Crippen LogP contribution in [0.3, 0.4) is 0 Å². The summed E-state index contributed by atoms with van der Waals surface area (Å²) in [6.45, 7) is 3.62. The molecular weight excluding hydrogens is 228 g/mol. The molecule has 0 bridgehead atoms. The standard InChI is InChI=1S/C13H14N4O/c1-9-4-3-5-17-8-11(16-13(9)17)6-12(18)15-10(2)7-14/h3-5,8,10H,6H2,1-2H3,(H,15,18). The molecular formula is C13H14N4O. The van der Waals surface area contributed by atoms with Gasteiger partial charge in [-0.05, 0) is 25.5 Å². The van der Waals surface area contributed by atoms with Crippen LogP contribution in [0.4, 0.5) is 0 Å². The number of hydrogen-bond acceptors (Lipinski definition) is 3. The number of aromatic nitrogens is 2. The maximum absolute atomic E-state index is 11.6. The molecule has 5 nitrogen and oxygen atoms in total. The Kier molecular flexibility index (Phi) is 3.28. The quantitative estimate of drug-likeness (QED) is 0.879. The number of rotatable bonds is 3. The average Bonchev–Trinajstić information content (AvgIpc) is 2.72. The molecule has 5 heteroatoms. The zero-order valence-electron chi connectivity index (χ0n) is 10.3. The fraction of sp³-hybridized carbons (Fsp3) is 0.308. The molecule has 0 aromatic carbocycles. The summed E-state index contributed by atoms with van der Waals surface area (Å²) >= 11 is 0. The molecule has 0 aliphatic carbocycles. The monoisotopic (exact) mass is 242 g/mol. The summed E-state index contributed by atoms with van der Waals surface area (Å²) in [4.78, 5) is 16.0. The Bertz CT molecular complexity index is 623. The molecule has 2 heterocycles. The number of nitriles is 1. The normalized spacial score (nSPS) is 12.1. The largest absolute Gasteiger partial charge is 0.340 e. The molecule has 0 saturated carbocycles. The molecule has 0 radical (unpaired) electrons.